The van der Waals surface area contributed by atoms with Gasteiger partial charge in [-0.05, 0) is 18.2 Å². The van der Waals surface area contributed by atoms with E-state index in [-0.39, 0.29) is 5.56 Å². The molecule has 1 fully saturated rings. The molecule has 9 heteroatoms. The Morgan fingerprint density at radius 1 is 1.38 bits per heavy atom. The number of nitriles is 1. The molecule has 1 aromatic carbocycles. The molecule has 0 bridgehead atoms. The number of hydrogen-bond donors (Lipinski definition) is 1. The summed E-state index contributed by atoms with van der Waals surface area (Å²) in [6, 6.07) is 6.27. The summed E-state index contributed by atoms with van der Waals surface area (Å²) in [5, 5.41) is 20.6. The van der Waals surface area contributed by atoms with Gasteiger partial charge >= 0.3 is 0 Å². The highest BCUT2D eigenvalue weighted by Gasteiger charge is 2.43. The van der Waals surface area contributed by atoms with Crippen LogP contribution in [-0.2, 0) is 4.79 Å². The minimum absolute atomic E-state index is 0.284. The fourth-order valence-corrected chi connectivity index (χ4v) is 3.35. The first kappa shape index (κ1) is 16.0. The lowest BCUT2D eigenvalue weighted by Crippen LogP contribution is -2.34. The molecule has 1 aromatic heterocycles. The molecular formula is C15H9F2N3O3S. The van der Waals surface area contributed by atoms with Crippen molar-refractivity contribution in [3.63, 3.8) is 0 Å². The molecular weight excluding hydrogens is 340 g/mol. The monoisotopic (exact) mass is 349 g/mol. The number of halogens is 2. The van der Waals surface area contributed by atoms with Gasteiger partial charge in [-0.1, -0.05) is 6.07 Å². The van der Waals surface area contributed by atoms with Gasteiger partial charge in [0.1, 0.15) is 29.8 Å². The molecule has 2 aromatic rings. The highest BCUT2D eigenvalue weighted by atomic mass is 32.1. The van der Waals surface area contributed by atoms with Gasteiger partial charge in [-0.3, -0.25) is 14.8 Å². The third kappa shape index (κ3) is 2.51. The number of rotatable bonds is 2. The Morgan fingerprint density at radius 3 is 2.62 bits per heavy atom. The lowest BCUT2D eigenvalue weighted by Gasteiger charge is -2.25. The van der Waals surface area contributed by atoms with Gasteiger partial charge in [0, 0.05) is 5.38 Å². The van der Waals surface area contributed by atoms with Gasteiger partial charge in [0.25, 0.3) is 11.8 Å². The summed E-state index contributed by atoms with van der Waals surface area (Å²) < 4.78 is 27.7. The molecule has 122 valence electrons. The molecule has 2 heterocycles. The maximum Gasteiger partial charge on any atom is 0.268 e. The Hall–Kier alpha value is -2.83. The van der Waals surface area contributed by atoms with Gasteiger partial charge in [0.15, 0.2) is 6.17 Å². The van der Waals surface area contributed by atoms with E-state index in [1.165, 1.54) is 11.4 Å². The smallest absolute Gasteiger partial charge is 0.268 e. The van der Waals surface area contributed by atoms with E-state index in [9.17, 15) is 23.6 Å². The summed E-state index contributed by atoms with van der Waals surface area (Å²) >= 11 is 1.04. The van der Waals surface area contributed by atoms with Crippen LogP contribution < -0.4 is 0 Å². The van der Waals surface area contributed by atoms with Crippen LogP contribution in [-0.4, -0.2) is 33.5 Å². The first-order valence-electron chi connectivity index (χ1n) is 6.68. The summed E-state index contributed by atoms with van der Waals surface area (Å²) in [7, 11) is 0. The van der Waals surface area contributed by atoms with Crippen LogP contribution in [0, 0.1) is 23.0 Å². The first-order valence-corrected chi connectivity index (χ1v) is 7.56. The van der Waals surface area contributed by atoms with Crippen molar-refractivity contribution in [2.24, 2.45) is 0 Å². The molecule has 1 N–H and O–H groups in total. The second-order valence-corrected chi connectivity index (χ2v) is 5.93. The lowest BCUT2D eigenvalue weighted by atomic mass is 10.1. The van der Waals surface area contributed by atoms with Crippen LogP contribution in [0.25, 0.3) is 0 Å². The minimum Gasteiger partial charge on any atom is -0.302 e. The predicted octanol–water partition coefficient (Wildman–Crippen LogP) is 2.27. The molecule has 2 amide bonds. The molecule has 3 rings (SSSR count). The zero-order chi connectivity index (χ0) is 17.4. The predicted molar refractivity (Wildman–Crippen MR) is 77.8 cm³/mol. The highest BCUT2D eigenvalue weighted by Crippen LogP contribution is 2.34. The van der Waals surface area contributed by atoms with Crippen LogP contribution in [0.2, 0.25) is 0 Å². The number of thiophene rings is 1. The maximum atomic E-state index is 13.8. The van der Waals surface area contributed by atoms with Crippen LogP contribution in [0.1, 0.15) is 27.0 Å². The van der Waals surface area contributed by atoms with Crippen LogP contribution in [0.5, 0.6) is 0 Å². The van der Waals surface area contributed by atoms with E-state index in [1.54, 1.807) is 0 Å². The summed E-state index contributed by atoms with van der Waals surface area (Å²) in [5.41, 5.74) is -0.519. The Labute approximate surface area is 138 Å². The Morgan fingerprint density at radius 2 is 2.04 bits per heavy atom. The minimum atomic E-state index is -1.24. The van der Waals surface area contributed by atoms with E-state index < -0.39 is 41.7 Å². The number of benzene rings is 1. The van der Waals surface area contributed by atoms with Crippen molar-refractivity contribution in [1.29, 1.82) is 5.26 Å². The number of amides is 2. The fraction of sp³-hybridized carbons (Fsp3) is 0.133. The molecule has 0 radical (unpaired) electrons. The molecule has 0 saturated carbocycles. The fourth-order valence-electron chi connectivity index (χ4n) is 2.42. The standard InChI is InChI=1S/C15H9F2N3O3S/c16-9-2-1-3-10(17)13(9)15(22)19-6-12(21)20(23)14(19)11-4-8(5-18)7-24-11/h1-4,7,14,23H,6H2. The van der Waals surface area contributed by atoms with E-state index in [0.29, 0.717) is 9.94 Å². The number of hydrogen-bond acceptors (Lipinski definition) is 5. The number of hydroxylamine groups is 2. The van der Waals surface area contributed by atoms with Gasteiger partial charge in [0.05, 0.1) is 10.4 Å². The molecule has 1 aliphatic heterocycles. The quantitative estimate of drug-likeness (QED) is 0.843. The van der Waals surface area contributed by atoms with E-state index in [0.717, 1.165) is 34.4 Å². The second-order valence-electron chi connectivity index (χ2n) is 4.99. The normalized spacial score (nSPS) is 17.2. The first-order chi connectivity index (χ1) is 11.4. The van der Waals surface area contributed by atoms with E-state index >= 15 is 0 Å². The Kier molecular flexibility index (Phi) is 4.01. The van der Waals surface area contributed by atoms with Gasteiger partial charge in [-0.15, -0.1) is 11.3 Å². The summed E-state index contributed by atoms with van der Waals surface area (Å²) in [5.74, 6) is -3.98. The van der Waals surface area contributed by atoms with Crippen LogP contribution >= 0.6 is 11.3 Å². The molecule has 0 aliphatic carbocycles. The molecule has 1 aliphatic rings. The third-order valence-electron chi connectivity index (χ3n) is 3.53. The van der Waals surface area contributed by atoms with Crippen LogP contribution in [0.15, 0.2) is 29.6 Å². The number of carbonyl (C=O) groups is 2. The Balaban J connectivity index is 2.03. The largest absolute Gasteiger partial charge is 0.302 e. The van der Waals surface area contributed by atoms with Crippen molar-refractivity contribution < 1.29 is 23.6 Å². The third-order valence-corrected chi connectivity index (χ3v) is 4.50. The molecule has 1 saturated heterocycles. The van der Waals surface area contributed by atoms with Crippen molar-refractivity contribution in [2.45, 2.75) is 6.17 Å². The van der Waals surface area contributed by atoms with E-state index in [4.69, 9.17) is 5.26 Å². The number of carbonyl (C=O) groups excluding carboxylic acids is 2. The van der Waals surface area contributed by atoms with Gasteiger partial charge in [-0.25, -0.2) is 8.78 Å². The van der Waals surface area contributed by atoms with E-state index in [2.05, 4.69) is 0 Å². The van der Waals surface area contributed by atoms with Crippen LogP contribution in [0.4, 0.5) is 8.78 Å². The lowest BCUT2D eigenvalue weighted by molar-refractivity contribution is -0.168. The molecule has 1 unspecified atom stereocenters. The van der Waals surface area contributed by atoms with Crippen molar-refractivity contribution in [1.82, 2.24) is 9.96 Å². The Bertz CT molecular complexity index is 857. The zero-order valence-electron chi connectivity index (χ0n) is 11.9. The second kappa shape index (κ2) is 5.99. The maximum absolute atomic E-state index is 13.8. The summed E-state index contributed by atoms with van der Waals surface area (Å²) in [6.07, 6.45) is -1.24. The molecule has 0 spiro atoms. The van der Waals surface area contributed by atoms with Crippen molar-refractivity contribution in [3.8, 4) is 6.07 Å². The van der Waals surface area contributed by atoms with Gasteiger partial charge < -0.3 is 4.90 Å². The van der Waals surface area contributed by atoms with Crippen molar-refractivity contribution in [2.75, 3.05) is 6.54 Å². The van der Waals surface area contributed by atoms with E-state index in [1.807, 2.05) is 6.07 Å². The average Bonchev–Trinajstić information content (AvgIpc) is 3.12. The van der Waals surface area contributed by atoms with Crippen LogP contribution in [0.3, 0.4) is 0 Å². The number of nitrogens with zero attached hydrogens (tertiary/aromatic N) is 3. The summed E-state index contributed by atoms with van der Waals surface area (Å²) in [4.78, 5) is 25.5. The van der Waals surface area contributed by atoms with Crippen molar-refractivity contribution >= 4 is 23.2 Å². The highest BCUT2D eigenvalue weighted by molar-refractivity contribution is 7.10. The average molecular weight is 349 g/mol. The van der Waals surface area contributed by atoms with Crippen molar-refractivity contribution in [3.05, 3.63) is 57.3 Å². The molecule has 24 heavy (non-hydrogen) atoms. The molecule has 1 atom stereocenters. The van der Waals surface area contributed by atoms with Gasteiger partial charge in [-0.2, -0.15) is 10.3 Å². The molecule has 6 nitrogen and oxygen atoms in total. The van der Waals surface area contributed by atoms with Gasteiger partial charge in [0.2, 0.25) is 0 Å². The summed E-state index contributed by atoms with van der Waals surface area (Å²) in [6.45, 7) is -0.534. The SMILES string of the molecule is N#Cc1csc(C2N(O)C(=O)CN2C(=O)c2c(F)cccc2F)c1. The topological polar surface area (TPSA) is 84.6 Å². The zero-order valence-corrected chi connectivity index (χ0v) is 12.8.